The third-order valence-electron chi connectivity index (χ3n) is 1.73. The lowest BCUT2D eigenvalue weighted by atomic mass is 10.2. The molecule has 0 saturated carbocycles. The number of aromatic nitrogens is 1. The molecule has 20 heavy (non-hydrogen) atoms. The molecule has 1 aromatic heterocycles. The topological polar surface area (TPSA) is 88.5 Å². The van der Waals surface area contributed by atoms with Crippen molar-refractivity contribution in [3.05, 3.63) is 16.6 Å². The van der Waals surface area contributed by atoms with Crippen LogP contribution in [0.3, 0.4) is 0 Å². The Morgan fingerprint density at radius 2 is 2.10 bits per heavy atom. The van der Waals surface area contributed by atoms with Gasteiger partial charge in [-0.2, -0.15) is 0 Å². The number of carbonyl (C=O) groups is 2. The molecule has 0 aliphatic heterocycles. The molecule has 1 aromatic rings. The number of anilines is 1. The first kappa shape index (κ1) is 18.7. The lowest BCUT2D eigenvalue weighted by molar-refractivity contribution is -0.130. The van der Waals surface area contributed by atoms with Crippen LogP contribution in [0.25, 0.3) is 5.57 Å². The first-order chi connectivity index (χ1) is 8.73. The highest BCUT2D eigenvalue weighted by Gasteiger charge is 2.18. The predicted octanol–water partition coefficient (Wildman–Crippen LogP) is 3.58. The average Bonchev–Trinajstić information content (AvgIpc) is 2.63. The Morgan fingerprint density at radius 3 is 2.55 bits per heavy atom. The average molecular weight is 341 g/mol. The fourth-order valence-corrected chi connectivity index (χ4v) is 1.96. The van der Waals surface area contributed by atoms with E-state index in [0.29, 0.717) is 0 Å². The van der Waals surface area contributed by atoms with Crippen molar-refractivity contribution in [2.75, 3.05) is 5.32 Å². The van der Waals surface area contributed by atoms with E-state index < -0.39 is 17.7 Å². The third-order valence-corrected chi connectivity index (χ3v) is 2.70. The van der Waals surface area contributed by atoms with Crippen molar-refractivity contribution in [3.63, 3.8) is 0 Å². The van der Waals surface area contributed by atoms with Crippen molar-refractivity contribution < 1.29 is 19.4 Å². The summed E-state index contributed by atoms with van der Waals surface area (Å²) in [5.74, 6) is -1.19. The molecule has 0 spiro atoms. The minimum Gasteiger partial charge on any atom is -0.478 e. The number of amides is 1. The number of aliphatic carboxylic acids is 1. The maximum Gasteiger partial charge on any atom is 0.413 e. The number of carboxylic acid groups (broad SMARTS) is 1. The predicted molar refractivity (Wildman–Crippen MR) is 80.7 cm³/mol. The lowest BCUT2D eigenvalue weighted by Crippen LogP contribution is -2.27. The normalized spacial score (nSPS) is 11.5. The molecule has 9 heteroatoms. The van der Waals surface area contributed by atoms with Gasteiger partial charge in [0.05, 0.1) is 11.3 Å². The molecule has 6 nitrogen and oxygen atoms in total. The molecule has 0 radical (unpaired) electrons. The highest BCUT2D eigenvalue weighted by molar-refractivity contribution is 7.14. The van der Waals surface area contributed by atoms with Crippen LogP contribution >= 0.6 is 35.3 Å². The van der Waals surface area contributed by atoms with Crippen LogP contribution in [0.15, 0.2) is 10.9 Å². The number of halogens is 2. The highest BCUT2D eigenvalue weighted by Crippen LogP contribution is 2.23. The Bertz CT molecular complexity index is 523. The number of thiazole rings is 1. The van der Waals surface area contributed by atoms with Gasteiger partial charge in [-0.05, 0) is 20.8 Å². The summed E-state index contributed by atoms with van der Waals surface area (Å²) in [5, 5.41) is 13.0. The minimum absolute atomic E-state index is 0. The number of hydrogen-bond acceptors (Lipinski definition) is 5. The zero-order valence-corrected chi connectivity index (χ0v) is 13.4. The van der Waals surface area contributed by atoms with Crippen molar-refractivity contribution >= 4 is 58.1 Å². The molecule has 0 atom stereocenters. The molecule has 112 valence electrons. The first-order valence-corrected chi connectivity index (χ1v) is 6.54. The van der Waals surface area contributed by atoms with Crippen LogP contribution in [0.5, 0.6) is 0 Å². The number of nitrogens with zero attached hydrogens (tertiary/aromatic N) is 1. The second-order valence-corrected chi connectivity index (χ2v) is 5.57. The van der Waals surface area contributed by atoms with Crippen LogP contribution in [0.4, 0.5) is 9.93 Å². The van der Waals surface area contributed by atoms with Crippen LogP contribution in [-0.2, 0) is 9.53 Å². The third kappa shape index (κ3) is 5.77. The number of hydrogen-bond donors (Lipinski definition) is 2. The molecule has 0 aliphatic rings. The second kappa shape index (κ2) is 7.47. The van der Waals surface area contributed by atoms with E-state index in [1.807, 2.05) is 0 Å². The largest absolute Gasteiger partial charge is 0.478 e. The Balaban J connectivity index is 0.00000361. The lowest BCUT2D eigenvalue weighted by Gasteiger charge is -2.18. The fraction of sp³-hybridized carbons (Fsp3) is 0.364. The van der Waals surface area contributed by atoms with Gasteiger partial charge in [-0.15, -0.1) is 23.7 Å². The molecule has 1 amide bonds. The van der Waals surface area contributed by atoms with Crippen molar-refractivity contribution in [1.82, 2.24) is 4.98 Å². The van der Waals surface area contributed by atoms with E-state index in [2.05, 4.69) is 10.3 Å². The van der Waals surface area contributed by atoms with E-state index >= 15 is 0 Å². The Hall–Kier alpha value is -1.31. The highest BCUT2D eigenvalue weighted by atomic mass is 35.5. The number of carboxylic acids is 1. The van der Waals surface area contributed by atoms with E-state index in [0.717, 1.165) is 16.9 Å². The van der Waals surface area contributed by atoms with E-state index in [1.165, 1.54) is 5.38 Å². The molecule has 1 rings (SSSR count). The van der Waals surface area contributed by atoms with Gasteiger partial charge < -0.3 is 9.84 Å². The molecular weight excluding hydrogens is 327 g/mol. The van der Waals surface area contributed by atoms with Gasteiger partial charge >= 0.3 is 12.1 Å². The second-order valence-electron chi connectivity index (χ2n) is 4.49. The summed E-state index contributed by atoms with van der Waals surface area (Å²) < 4.78 is 5.04. The number of nitrogens with one attached hydrogen (secondary N) is 1. The number of ether oxygens (including phenoxy) is 1. The standard InChI is InChI=1S/C11H13ClN2O4S.ClH/c1-11(2,3)18-10(17)14-9-13-7(5-19-9)6(4-12)8(15)16;/h4-5H,1-3H3,(H,15,16)(H,13,14,17);1H. The van der Waals surface area contributed by atoms with Gasteiger partial charge in [0.25, 0.3) is 0 Å². The van der Waals surface area contributed by atoms with Crippen LogP contribution < -0.4 is 5.32 Å². The smallest absolute Gasteiger partial charge is 0.413 e. The van der Waals surface area contributed by atoms with E-state index in [-0.39, 0.29) is 28.8 Å². The Kier molecular flexibility index (Phi) is 6.98. The molecule has 0 aromatic carbocycles. The Labute approximate surface area is 131 Å². The summed E-state index contributed by atoms with van der Waals surface area (Å²) >= 11 is 6.49. The molecule has 0 bridgehead atoms. The van der Waals surface area contributed by atoms with Crippen LogP contribution in [0.2, 0.25) is 0 Å². The monoisotopic (exact) mass is 340 g/mol. The van der Waals surface area contributed by atoms with Crippen LogP contribution in [-0.4, -0.2) is 27.8 Å². The summed E-state index contributed by atoms with van der Waals surface area (Å²) in [5.41, 5.74) is 0.342. The van der Waals surface area contributed by atoms with Crippen LogP contribution in [0.1, 0.15) is 26.5 Å². The van der Waals surface area contributed by atoms with Gasteiger partial charge in [0.1, 0.15) is 5.60 Å². The zero-order chi connectivity index (χ0) is 14.6. The van der Waals surface area contributed by atoms with E-state index in [1.54, 1.807) is 20.8 Å². The molecule has 0 unspecified atom stereocenters. The van der Waals surface area contributed by atoms with Gasteiger partial charge in [-0.3, -0.25) is 5.32 Å². The van der Waals surface area contributed by atoms with Crippen molar-refractivity contribution in [2.45, 2.75) is 26.4 Å². The van der Waals surface area contributed by atoms with E-state index in [9.17, 15) is 9.59 Å². The van der Waals surface area contributed by atoms with Gasteiger partial charge in [0.15, 0.2) is 5.13 Å². The molecule has 0 aliphatic carbocycles. The maximum atomic E-state index is 11.5. The van der Waals surface area contributed by atoms with Gasteiger partial charge in [0.2, 0.25) is 0 Å². The molecule has 0 saturated heterocycles. The minimum atomic E-state index is -1.19. The van der Waals surface area contributed by atoms with Crippen molar-refractivity contribution in [1.29, 1.82) is 0 Å². The summed E-state index contributed by atoms with van der Waals surface area (Å²) in [6.45, 7) is 5.20. The molecule has 1 heterocycles. The molecule has 2 N–H and O–H groups in total. The zero-order valence-electron chi connectivity index (χ0n) is 11.0. The van der Waals surface area contributed by atoms with Crippen LogP contribution in [0, 0.1) is 0 Å². The number of rotatable bonds is 3. The molecular formula is C11H14Cl2N2O4S. The summed E-state index contributed by atoms with van der Waals surface area (Å²) in [6.07, 6.45) is -0.653. The fourth-order valence-electron chi connectivity index (χ4n) is 1.06. The van der Waals surface area contributed by atoms with Crippen molar-refractivity contribution in [2.24, 2.45) is 0 Å². The Morgan fingerprint density at radius 1 is 1.50 bits per heavy atom. The quantitative estimate of drug-likeness (QED) is 0.821. The number of carbonyl (C=O) groups excluding carboxylic acids is 1. The van der Waals surface area contributed by atoms with E-state index in [4.69, 9.17) is 21.4 Å². The first-order valence-electron chi connectivity index (χ1n) is 5.22. The van der Waals surface area contributed by atoms with Crippen molar-refractivity contribution in [3.8, 4) is 0 Å². The summed E-state index contributed by atoms with van der Waals surface area (Å²) in [7, 11) is 0. The SMILES string of the molecule is CC(C)(C)OC(=O)Nc1nc(C(=CCl)C(=O)O)cs1.Cl. The van der Waals surface area contributed by atoms with Gasteiger partial charge in [-0.1, -0.05) is 11.6 Å². The summed E-state index contributed by atoms with van der Waals surface area (Å²) in [4.78, 5) is 26.3. The molecule has 0 fully saturated rings. The summed E-state index contributed by atoms with van der Waals surface area (Å²) in [6, 6.07) is 0. The van der Waals surface area contributed by atoms with Gasteiger partial charge in [0, 0.05) is 10.9 Å². The maximum absolute atomic E-state index is 11.5. The van der Waals surface area contributed by atoms with Gasteiger partial charge in [-0.25, -0.2) is 14.6 Å².